The Balaban J connectivity index is 2.05. The molecule has 0 spiro atoms. The lowest BCUT2D eigenvalue weighted by atomic mass is 9.42. The standard InChI is InChI=1S/C28H38O6/c1-17(16-29)9-8-10-18(2)24-20(31)15-22-26(4)14-12-23(34-19(3)30)28(6,25(32)33-7)21(26)11-13-27(22,24)5/h8-10,16,21-23H,11-15H2,1-7H3/b10-8+,17-9+,24-18-/t21-,22?,23-,26+,27+,28-/m1/s1. The number of hydrogen-bond acceptors (Lipinski definition) is 6. The van der Waals surface area contributed by atoms with Crippen molar-refractivity contribution in [1.82, 2.24) is 0 Å². The number of ether oxygens (including phenoxy) is 2. The van der Waals surface area contributed by atoms with Crippen LogP contribution in [0.25, 0.3) is 0 Å². The van der Waals surface area contributed by atoms with Crippen LogP contribution in [0.2, 0.25) is 0 Å². The molecule has 0 bridgehead atoms. The van der Waals surface area contributed by atoms with E-state index in [-0.39, 0.29) is 34.4 Å². The number of allylic oxidation sites excluding steroid dienone is 6. The van der Waals surface area contributed by atoms with Crippen LogP contribution in [0.1, 0.15) is 73.6 Å². The monoisotopic (exact) mass is 470 g/mol. The second-order valence-corrected chi connectivity index (χ2v) is 11.1. The maximum atomic E-state index is 13.4. The van der Waals surface area contributed by atoms with E-state index in [4.69, 9.17) is 9.47 Å². The molecule has 0 amide bonds. The van der Waals surface area contributed by atoms with Gasteiger partial charge in [-0.1, -0.05) is 32.1 Å². The number of ketones is 1. The van der Waals surface area contributed by atoms with Crippen molar-refractivity contribution in [2.45, 2.75) is 79.8 Å². The first-order valence-corrected chi connectivity index (χ1v) is 12.2. The molecule has 0 N–H and O–H groups in total. The molecule has 1 unspecified atom stereocenters. The summed E-state index contributed by atoms with van der Waals surface area (Å²) in [6.07, 6.45) is 9.04. The van der Waals surface area contributed by atoms with E-state index in [0.717, 1.165) is 36.7 Å². The zero-order valence-corrected chi connectivity index (χ0v) is 21.5. The molecule has 6 atom stereocenters. The van der Waals surface area contributed by atoms with Gasteiger partial charge in [0.1, 0.15) is 17.8 Å². The fourth-order valence-corrected chi connectivity index (χ4v) is 7.59. The number of esters is 2. The first kappa shape index (κ1) is 26.1. The maximum Gasteiger partial charge on any atom is 0.315 e. The SMILES string of the molecule is COC(=O)[C@@]1(C)[C@H](OC(C)=O)CC[C@]2(C)C3CC(=O)/C(=C(C)/C=C/C=C(\C)C=O)[C@@]3(C)CC[C@@H]12. The minimum Gasteiger partial charge on any atom is -0.468 e. The predicted molar refractivity (Wildman–Crippen MR) is 129 cm³/mol. The Kier molecular flexibility index (Phi) is 7.12. The topological polar surface area (TPSA) is 86.7 Å². The summed E-state index contributed by atoms with van der Waals surface area (Å²) in [6, 6.07) is 0. The highest BCUT2D eigenvalue weighted by Crippen LogP contribution is 2.69. The van der Waals surface area contributed by atoms with E-state index in [2.05, 4.69) is 13.8 Å². The molecule has 0 saturated heterocycles. The van der Waals surface area contributed by atoms with Crippen LogP contribution in [-0.2, 0) is 28.7 Å². The van der Waals surface area contributed by atoms with Crippen molar-refractivity contribution in [3.05, 3.63) is 34.9 Å². The molecule has 0 radical (unpaired) electrons. The molecule has 0 aliphatic heterocycles. The van der Waals surface area contributed by atoms with E-state index in [9.17, 15) is 19.2 Å². The van der Waals surface area contributed by atoms with Crippen LogP contribution in [0.5, 0.6) is 0 Å². The highest BCUT2D eigenvalue weighted by Gasteiger charge is 2.68. The average molecular weight is 471 g/mol. The molecule has 6 nitrogen and oxygen atoms in total. The summed E-state index contributed by atoms with van der Waals surface area (Å²) in [5.74, 6) is -0.569. The number of rotatable bonds is 5. The third-order valence-corrected chi connectivity index (χ3v) is 9.11. The molecular weight excluding hydrogens is 432 g/mol. The summed E-state index contributed by atoms with van der Waals surface area (Å²) in [4.78, 5) is 49.3. The summed E-state index contributed by atoms with van der Waals surface area (Å²) < 4.78 is 10.9. The normalized spacial score (nSPS) is 39.3. The van der Waals surface area contributed by atoms with Crippen molar-refractivity contribution >= 4 is 24.0 Å². The zero-order valence-electron chi connectivity index (χ0n) is 21.5. The number of Topliss-reactive ketones (excluding diaryl/α,β-unsaturated/α-hetero) is 1. The number of methoxy groups -OCH3 is 1. The van der Waals surface area contributed by atoms with Crippen molar-refractivity contribution in [2.24, 2.45) is 28.1 Å². The third kappa shape index (κ3) is 3.99. The van der Waals surface area contributed by atoms with Gasteiger partial charge in [-0.15, -0.1) is 0 Å². The quantitative estimate of drug-likeness (QED) is 0.245. The summed E-state index contributed by atoms with van der Waals surface area (Å²) in [6.45, 7) is 11.4. The molecular formula is C28H38O6. The van der Waals surface area contributed by atoms with Crippen LogP contribution < -0.4 is 0 Å². The molecule has 3 aliphatic carbocycles. The first-order chi connectivity index (χ1) is 15.9. The molecule has 34 heavy (non-hydrogen) atoms. The lowest BCUT2D eigenvalue weighted by Crippen LogP contribution is -2.62. The van der Waals surface area contributed by atoms with E-state index in [1.54, 1.807) is 13.0 Å². The van der Waals surface area contributed by atoms with Crippen LogP contribution >= 0.6 is 0 Å². The van der Waals surface area contributed by atoms with E-state index >= 15 is 0 Å². The van der Waals surface area contributed by atoms with Crippen LogP contribution in [0.4, 0.5) is 0 Å². The molecule has 186 valence electrons. The van der Waals surface area contributed by atoms with Crippen LogP contribution in [0.3, 0.4) is 0 Å². The zero-order chi connectivity index (χ0) is 25.5. The Morgan fingerprint density at radius 3 is 2.29 bits per heavy atom. The Bertz CT molecular complexity index is 987. The molecule has 3 fully saturated rings. The number of hydrogen-bond donors (Lipinski definition) is 0. The van der Waals surface area contributed by atoms with Gasteiger partial charge in [0.05, 0.1) is 7.11 Å². The molecule has 6 heteroatoms. The Labute approximate surface area is 202 Å². The summed E-state index contributed by atoms with van der Waals surface area (Å²) >= 11 is 0. The van der Waals surface area contributed by atoms with E-state index in [0.29, 0.717) is 18.4 Å². The fourth-order valence-electron chi connectivity index (χ4n) is 7.59. The van der Waals surface area contributed by atoms with Crippen LogP contribution in [0.15, 0.2) is 34.9 Å². The minimum absolute atomic E-state index is 0.0650. The molecule has 0 aromatic heterocycles. The predicted octanol–water partition coefficient (Wildman–Crippen LogP) is 4.92. The van der Waals surface area contributed by atoms with Gasteiger partial charge in [0.25, 0.3) is 0 Å². The molecule has 3 saturated carbocycles. The number of carbonyl (C=O) groups excluding carboxylic acids is 4. The lowest BCUT2D eigenvalue weighted by molar-refractivity contribution is -0.206. The third-order valence-electron chi connectivity index (χ3n) is 9.11. The minimum atomic E-state index is -0.962. The largest absolute Gasteiger partial charge is 0.468 e. The van der Waals surface area contributed by atoms with Crippen molar-refractivity contribution in [1.29, 1.82) is 0 Å². The molecule has 0 heterocycles. The Morgan fingerprint density at radius 2 is 1.71 bits per heavy atom. The van der Waals surface area contributed by atoms with Crippen molar-refractivity contribution < 1.29 is 28.7 Å². The molecule has 0 aromatic carbocycles. The molecule has 0 aromatic rings. The van der Waals surface area contributed by atoms with Gasteiger partial charge in [0, 0.05) is 24.3 Å². The van der Waals surface area contributed by atoms with Gasteiger partial charge in [0.15, 0.2) is 5.78 Å². The highest BCUT2D eigenvalue weighted by molar-refractivity contribution is 6.01. The van der Waals surface area contributed by atoms with Gasteiger partial charge in [-0.3, -0.25) is 19.2 Å². The second kappa shape index (κ2) is 9.27. The Morgan fingerprint density at radius 1 is 1.03 bits per heavy atom. The number of carbonyl (C=O) groups is 4. The number of aldehydes is 1. The van der Waals surface area contributed by atoms with Crippen LogP contribution in [0, 0.1) is 28.1 Å². The van der Waals surface area contributed by atoms with E-state index < -0.39 is 17.5 Å². The molecule has 3 aliphatic rings. The molecule has 3 rings (SSSR count). The van der Waals surface area contributed by atoms with Gasteiger partial charge in [-0.2, -0.15) is 0 Å². The number of fused-ring (bicyclic) bond motifs is 3. The average Bonchev–Trinajstić information content (AvgIpc) is 3.06. The van der Waals surface area contributed by atoms with E-state index in [1.807, 2.05) is 26.0 Å². The Hall–Kier alpha value is -2.50. The fraction of sp³-hybridized carbons (Fsp3) is 0.643. The summed E-state index contributed by atoms with van der Waals surface area (Å²) in [5, 5.41) is 0. The second-order valence-electron chi connectivity index (χ2n) is 11.1. The summed E-state index contributed by atoms with van der Waals surface area (Å²) in [5.41, 5.74) is 0.878. The highest BCUT2D eigenvalue weighted by atomic mass is 16.6. The smallest absolute Gasteiger partial charge is 0.315 e. The van der Waals surface area contributed by atoms with Gasteiger partial charge < -0.3 is 9.47 Å². The van der Waals surface area contributed by atoms with Crippen molar-refractivity contribution in [2.75, 3.05) is 7.11 Å². The van der Waals surface area contributed by atoms with Gasteiger partial charge in [0.2, 0.25) is 0 Å². The maximum absolute atomic E-state index is 13.4. The summed E-state index contributed by atoms with van der Waals surface area (Å²) in [7, 11) is 1.38. The van der Waals surface area contributed by atoms with Gasteiger partial charge in [-0.25, -0.2) is 0 Å². The van der Waals surface area contributed by atoms with Crippen LogP contribution in [-0.4, -0.2) is 37.2 Å². The van der Waals surface area contributed by atoms with E-state index in [1.165, 1.54) is 14.0 Å². The van der Waals surface area contributed by atoms with Gasteiger partial charge >= 0.3 is 11.9 Å². The first-order valence-electron chi connectivity index (χ1n) is 12.2. The van der Waals surface area contributed by atoms with Crippen molar-refractivity contribution in [3.63, 3.8) is 0 Å². The van der Waals surface area contributed by atoms with Gasteiger partial charge in [-0.05, 0) is 74.9 Å². The lowest BCUT2D eigenvalue weighted by Gasteiger charge is -2.61. The van der Waals surface area contributed by atoms with Crippen molar-refractivity contribution in [3.8, 4) is 0 Å².